The molecule has 0 aromatic carbocycles. The van der Waals surface area contributed by atoms with Gasteiger partial charge in [0.1, 0.15) is 5.82 Å². The predicted octanol–water partition coefficient (Wildman–Crippen LogP) is 3.75. The van der Waals surface area contributed by atoms with Crippen molar-refractivity contribution in [1.82, 2.24) is 25.1 Å². The van der Waals surface area contributed by atoms with Gasteiger partial charge >= 0.3 is 0 Å². The summed E-state index contributed by atoms with van der Waals surface area (Å²) in [4.78, 5) is 30.5. The van der Waals surface area contributed by atoms with Crippen molar-refractivity contribution in [2.24, 2.45) is 5.73 Å². The summed E-state index contributed by atoms with van der Waals surface area (Å²) in [5.74, 6) is 2.04. The molecule has 0 bridgehead atoms. The van der Waals surface area contributed by atoms with E-state index in [1.54, 1.807) is 0 Å². The summed E-state index contributed by atoms with van der Waals surface area (Å²) in [5, 5.41) is 7.27. The molecule has 3 aliphatic heterocycles. The van der Waals surface area contributed by atoms with Crippen molar-refractivity contribution in [3.05, 3.63) is 12.3 Å². The Bertz CT molecular complexity index is 895. The zero-order chi connectivity index (χ0) is 27.6. The number of nitrogens with one attached hydrogen (secondary N) is 2. The maximum Gasteiger partial charge on any atom is 0.239 e. The van der Waals surface area contributed by atoms with Crippen molar-refractivity contribution in [3.63, 3.8) is 0 Å². The van der Waals surface area contributed by atoms with Crippen molar-refractivity contribution < 1.29 is 4.79 Å². The second kappa shape index (κ2) is 15.3. The Morgan fingerprint density at radius 1 is 0.950 bits per heavy atom. The SMILES string of the molecule is NCCN(CC[C@@H]1[C@@H](Nc2nccc(N3CCCCCC3)n2)CCCN1C1CCCCC1)C(=O)C1CCCCN1. The molecule has 1 aromatic rings. The van der Waals surface area contributed by atoms with Crippen molar-refractivity contribution in [2.75, 3.05) is 56.0 Å². The molecular weight excluding hydrogens is 500 g/mol. The maximum absolute atomic E-state index is 13.5. The summed E-state index contributed by atoms with van der Waals surface area (Å²) in [5.41, 5.74) is 6.01. The summed E-state index contributed by atoms with van der Waals surface area (Å²) in [6, 6.07) is 3.29. The first-order valence-electron chi connectivity index (χ1n) is 16.6. The van der Waals surface area contributed by atoms with Gasteiger partial charge in [0, 0.05) is 57.0 Å². The van der Waals surface area contributed by atoms with Gasteiger partial charge in [-0.1, -0.05) is 38.5 Å². The number of aromatic nitrogens is 2. The van der Waals surface area contributed by atoms with E-state index in [0.717, 1.165) is 76.6 Å². The number of hydrogen-bond donors (Lipinski definition) is 3. The Morgan fingerprint density at radius 3 is 2.48 bits per heavy atom. The standard InChI is InChI=1S/C31H54N8O/c32-17-24-38(30(40)27-13-6-7-18-33-27)23-16-28-26(14-10-22-39(28)25-11-4-3-5-12-25)35-31-34-19-15-29(36-31)37-20-8-1-2-9-21-37/h15,19,25-28,33H,1-14,16-18,20-24,32H2,(H,34,35,36)/t26-,27?,28+/m0/s1. The molecule has 4 heterocycles. The molecule has 3 saturated heterocycles. The minimum atomic E-state index is -0.0508. The molecule has 0 spiro atoms. The molecule has 9 heteroatoms. The smallest absolute Gasteiger partial charge is 0.239 e. The summed E-state index contributed by atoms with van der Waals surface area (Å²) in [6.45, 7) is 6.15. The van der Waals surface area contributed by atoms with Crippen molar-refractivity contribution in [1.29, 1.82) is 0 Å². The third-order valence-corrected chi connectivity index (χ3v) is 9.76. The highest BCUT2D eigenvalue weighted by Gasteiger charge is 2.37. The number of hydrogen-bond acceptors (Lipinski definition) is 8. The van der Waals surface area contributed by atoms with E-state index < -0.39 is 0 Å². The Morgan fingerprint density at radius 2 is 1.73 bits per heavy atom. The molecule has 224 valence electrons. The van der Waals surface area contributed by atoms with Crippen LogP contribution in [0.4, 0.5) is 11.8 Å². The van der Waals surface area contributed by atoms with Crippen LogP contribution < -0.4 is 21.3 Å². The molecule has 1 aromatic heterocycles. The van der Waals surface area contributed by atoms with Gasteiger partial charge in [-0.3, -0.25) is 9.69 Å². The van der Waals surface area contributed by atoms with Gasteiger partial charge in [0.25, 0.3) is 0 Å². The van der Waals surface area contributed by atoms with Crippen LogP contribution in [0.25, 0.3) is 0 Å². The monoisotopic (exact) mass is 554 g/mol. The normalized spacial score (nSPS) is 27.2. The predicted molar refractivity (Wildman–Crippen MR) is 163 cm³/mol. The Hall–Kier alpha value is -1.97. The highest BCUT2D eigenvalue weighted by Crippen LogP contribution is 2.32. The molecule has 9 nitrogen and oxygen atoms in total. The van der Waals surface area contributed by atoms with E-state index in [9.17, 15) is 4.79 Å². The minimum Gasteiger partial charge on any atom is -0.356 e. The minimum absolute atomic E-state index is 0.0508. The second-order valence-corrected chi connectivity index (χ2v) is 12.5. The molecule has 3 atom stereocenters. The Kier molecular flexibility index (Phi) is 11.3. The third-order valence-electron chi connectivity index (χ3n) is 9.76. The molecule has 1 amide bonds. The van der Waals surface area contributed by atoms with E-state index in [1.165, 1.54) is 64.2 Å². The quantitative estimate of drug-likeness (QED) is 0.402. The first-order valence-corrected chi connectivity index (χ1v) is 16.6. The first-order chi connectivity index (χ1) is 19.7. The van der Waals surface area contributed by atoms with E-state index >= 15 is 0 Å². The zero-order valence-corrected chi connectivity index (χ0v) is 24.7. The van der Waals surface area contributed by atoms with Gasteiger partial charge in [0.05, 0.1) is 6.04 Å². The highest BCUT2D eigenvalue weighted by molar-refractivity contribution is 5.82. The van der Waals surface area contributed by atoms with Crippen LogP contribution in [0.3, 0.4) is 0 Å². The molecule has 1 unspecified atom stereocenters. The fraction of sp³-hybridized carbons (Fsp3) is 0.839. The van der Waals surface area contributed by atoms with Gasteiger partial charge < -0.3 is 26.2 Å². The van der Waals surface area contributed by atoms with E-state index in [0.29, 0.717) is 25.2 Å². The lowest BCUT2D eigenvalue weighted by atomic mass is 9.87. The van der Waals surface area contributed by atoms with Crippen LogP contribution in [-0.4, -0.2) is 95.7 Å². The number of carbonyl (C=O) groups is 1. The Balaban J connectivity index is 1.30. The van der Waals surface area contributed by atoms with Gasteiger partial charge in [-0.2, -0.15) is 4.98 Å². The summed E-state index contributed by atoms with van der Waals surface area (Å²) in [6.07, 6.45) is 20.1. The van der Waals surface area contributed by atoms with Gasteiger partial charge in [-0.15, -0.1) is 0 Å². The molecule has 40 heavy (non-hydrogen) atoms. The number of nitrogens with two attached hydrogens (primary N) is 1. The largest absolute Gasteiger partial charge is 0.356 e. The van der Waals surface area contributed by atoms with Crippen LogP contribution in [0.5, 0.6) is 0 Å². The number of nitrogens with zero attached hydrogens (tertiary/aromatic N) is 5. The van der Waals surface area contributed by atoms with E-state index in [1.807, 2.05) is 11.1 Å². The number of rotatable bonds is 10. The summed E-state index contributed by atoms with van der Waals surface area (Å²) < 4.78 is 0. The molecule has 1 aliphatic carbocycles. The molecule has 4 fully saturated rings. The maximum atomic E-state index is 13.5. The fourth-order valence-corrected chi connectivity index (χ4v) is 7.60. The zero-order valence-electron chi connectivity index (χ0n) is 24.7. The number of likely N-dealkylation sites (tertiary alicyclic amines) is 1. The highest BCUT2D eigenvalue weighted by atomic mass is 16.2. The fourth-order valence-electron chi connectivity index (χ4n) is 7.60. The molecule has 4 N–H and O–H groups in total. The molecule has 4 aliphatic rings. The summed E-state index contributed by atoms with van der Waals surface area (Å²) >= 11 is 0. The molecule has 0 radical (unpaired) electrons. The van der Waals surface area contributed by atoms with Crippen molar-refractivity contribution >= 4 is 17.7 Å². The van der Waals surface area contributed by atoms with Crippen LogP contribution in [0.2, 0.25) is 0 Å². The lowest BCUT2D eigenvalue weighted by Gasteiger charge is -2.47. The second-order valence-electron chi connectivity index (χ2n) is 12.5. The number of anilines is 2. The van der Waals surface area contributed by atoms with E-state index in [2.05, 4.69) is 31.5 Å². The summed E-state index contributed by atoms with van der Waals surface area (Å²) in [7, 11) is 0. The topological polar surface area (TPSA) is 103 Å². The average Bonchev–Trinajstić information content (AvgIpc) is 3.30. The third kappa shape index (κ3) is 7.85. The molecular formula is C31H54N8O. The molecule has 5 rings (SSSR count). The van der Waals surface area contributed by atoms with Crippen LogP contribution in [0, 0.1) is 0 Å². The van der Waals surface area contributed by atoms with Crippen LogP contribution in [0.15, 0.2) is 12.3 Å². The number of carbonyl (C=O) groups excluding carboxylic acids is 1. The molecule has 1 saturated carbocycles. The number of amides is 1. The van der Waals surface area contributed by atoms with E-state index in [-0.39, 0.29) is 18.0 Å². The first kappa shape index (κ1) is 29.5. The lowest BCUT2D eigenvalue weighted by Crippen LogP contribution is -2.57. The van der Waals surface area contributed by atoms with Gasteiger partial charge in [0.2, 0.25) is 11.9 Å². The Labute approximate surface area is 242 Å². The number of piperidine rings is 2. The van der Waals surface area contributed by atoms with E-state index in [4.69, 9.17) is 10.7 Å². The van der Waals surface area contributed by atoms with Crippen LogP contribution in [-0.2, 0) is 4.79 Å². The van der Waals surface area contributed by atoms with Crippen molar-refractivity contribution in [3.8, 4) is 0 Å². The van der Waals surface area contributed by atoms with Gasteiger partial charge in [-0.05, 0) is 76.9 Å². The van der Waals surface area contributed by atoms with Crippen LogP contribution in [0.1, 0.15) is 96.3 Å². The van der Waals surface area contributed by atoms with Crippen LogP contribution >= 0.6 is 0 Å². The average molecular weight is 555 g/mol. The van der Waals surface area contributed by atoms with Gasteiger partial charge in [0.15, 0.2) is 0 Å². The van der Waals surface area contributed by atoms with Gasteiger partial charge in [-0.25, -0.2) is 4.98 Å². The lowest BCUT2D eigenvalue weighted by molar-refractivity contribution is -0.134. The van der Waals surface area contributed by atoms with Crippen molar-refractivity contribution in [2.45, 2.75) is 120 Å².